The van der Waals surface area contributed by atoms with Crippen LogP contribution in [0.3, 0.4) is 0 Å². The number of carbonyl (C=O) groups is 1. The van der Waals surface area contributed by atoms with Crippen molar-refractivity contribution < 1.29 is 14.3 Å². The number of allylic oxidation sites excluding steroid dienone is 2. The smallest absolute Gasteiger partial charge is 0.342 e. The summed E-state index contributed by atoms with van der Waals surface area (Å²) in [6, 6.07) is 0. The van der Waals surface area contributed by atoms with Crippen LogP contribution in [0.25, 0.3) is 0 Å². The summed E-state index contributed by atoms with van der Waals surface area (Å²) in [6.45, 7) is 2.12. The Kier molecular flexibility index (Phi) is 1.96. The molecule has 2 atom stereocenters. The molecule has 3 rings (SSSR count). The van der Waals surface area contributed by atoms with Gasteiger partial charge in [0.05, 0.1) is 11.7 Å². The van der Waals surface area contributed by atoms with Crippen LogP contribution in [0.5, 0.6) is 0 Å². The summed E-state index contributed by atoms with van der Waals surface area (Å²) >= 11 is 0. The van der Waals surface area contributed by atoms with Crippen molar-refractivity contribution in [2.24, 2.45) is 0 Å². The first kappa shape index (κ1) is 9.16. The molecule has 80 valence electrons. The Bertz CT molecular complexity index is 378. The largest absolute Gasteiger partial charge is 0.423 e. The van der Waals surface area contributed by atoms with Gasteiger partial charge < -0.3 is 9.47 Å². The van der Waals surface area contributed by atoms with Crippen molar-refractivity contribution >= 4 is 5.97 Å². The van der Waals surface area contributed by atoms with Crippen LogP contribution < -0.4 is 0 Å². The molecule has 3 heteroatoms. The molecule has 2 heterocycles. The lowest BCUT2D eigenvalue weighted by Gasteiger charge is -2.06. The van der Waals surface area contributed by atoms with Gasteiger partial charge >= 0.3 is 5.97 Å². The second-order valence-corrected chi connectivity index (χ2v) is 4.27. The van der Waals surface area contributed by atoms with Gasteiger partial charge in [-0.2, -0.15) is 0 Å². The summed E-state index contributed by atoms with van der Waals surface area (Å²) in [5, 5.41) is 0. The SMILES string of the molecule is CCC/C=C1\OC(=O)C2=C1CC[C@@H]1O[C@H]21. The van der Waals surface area contributed by atoms with Gasteiger partial charge in [-0.3, -0.25) is 0 Å². The highest BCUT2D eigenvalue weighted by atomic mass is 16.6. The number of carbonyl (C=O) groups excluding carboxylic acids is 1. The molecule has 0 amide bonds. The van der Waals surface area contributed by atoms with Gasteiger partial charge in [-0.25, -0.2) is 4.79 Å². The molecule has 1 fully saturated rings. The Morgan fingerprint density at radius 2 is 2.40 bits per heavy atom. The lowest BCUT2D eigenvalue weighted by atomic mass is 9.92. The molecule has 0 N–H and O–H groups in total. The zero-order valence-electron chi connectivity index (χ0n) is 8.79. The first-order chi connectivity index (χ1) is 7.31. The van der Waals surface area contributed by atoms with Gasteiger partial charge in [0.2, 0.25) is 0 Å². The number of ether oxygens (including phenoxy) is 2. The van der Waals surface area contributed by atoms with Crippen LogP contribution in [-0.4, -0.2) is 18.2 Å². The van der Waals surface area contributed by atoms with Crippen molar-refractivity contribution in [2.75, 3.05) is 0 Å². The highest BCUT2D eigenvalue weighted by Gasteiger charge is 2.52. The van der Waals surface area contributed by atoms with Crippen molar-refractivity contribution in [3.63, 3.8) is 0 Å². The third-order valence-corrected chi connectivity index (χ3v) is 3.21. The van der Waals surface area contributed by atoms with Crippen LogP contribution in [0.15, 0.2) is 23.0 Å². The van der Waals surface area contributed by atoms with E-state index in [9.17, 15) is 4.79 Å². The average Bonchev–Trinajstić information content (AvgIpc) is 2.95. The van der Waals surface area contributed by atoms with Gasteiger partial charge in [0.15, 0.2) is 0 Å². The van der Waals surface area contributed by atoms with Gasteiger partial charge in [-0.15, -0.1) is 0 Å². The van der Waals surface area contributed by atoms with E-state index in [1.54, 1.807) is 0 Å². The van der Waals surface area contributed by atoms with Crippen molar-refractivity contribution in [1.29, 1.82) is 0 Å². The molecule has 0 aromatic rings. The standard InChI is InChI=1S/C12H14O3/c1-2-3-4-8-7-5-6-9-11(14-9)10(7)12(13)15-8/h4,9,11H,2-3,5-6H2,1H3/b8-4-/t9-,11-/m0/s1. The minimum absolute atomic E-state index is 0.0498. The number of rotatable bonds is 2. The Hall–Kier alpha value is -1.09. The van der Waals surface area contributed by atoms with E-state index in [0.717, 1.165) is 42.6 Å². The molecular weight excluding hydrogens is 192 g/mol. The molecule has 0 aromatic carbocycles. The maximum atomic E-state index is 11.6. The maximum absolute atomic E-state index is 11.6. The molecule has 3 nitrogen and oxygen atoms in total. The fourth-order valence-corrected chi connectivity index (χ4v) is 2.36. The molecule has 0 unspecified atom stereocenters. The summed E-state index contributed by atoms with van der Waals surface area (Å²) in [4.78, 5) is 11.6. The van der Waals surface area contributed by atoms with Crippen molar-refractivity contribution in [3.8, 4) is 0 Å². The van der Waals surface area contributed by atoms with Gasteiger partial charge in [-0.1, -0.05) is 13.3 Å². The molecule has 0 bridgehead atoms. The average molecular weight is 206 g/mol. The van der Waals surface area contributed by atoms with E-state index in [1.165, 1.54) is 0 Å². The molecule has 0 aromatic heterocycles. The van der Waals surface area contributed by atoms with Gasteiger partial charge in [0.25, 0.3) is 0 Å². The van der Waals surface area contributed by atoms with E-state index in [2.05, 4.69) is 6.92 Å². The minimum atomic E-state index is -0.181. The first-order valence-corrected chi connectivity index (χ1v) is 5.62. The van der Waals surface area contributed by atoms with E-state index in [1.807, 2.05) is 6.08 Å². The number of fused-ring (bicyclic) bond motifs is 2. The predicted octanol–water partition coefficient (Wildman–Crippen LogP) is 2.08. The number of esters is 1. The number of epoxide rings is 1. The molecule has 15 heavy (non-hydrogen) atoms. The minimum Gasteiger partial charge on any atom is -0.423 e. The van der Waals surface area contributed by atoms with Crippen LogP contribution in [0, 0.1) is 0 Å². The fraction of sp³-hybridized carbons (Fsp3) is 0.583. The van der Waals surface area contributed by atoms with Gasteiger partial charge in [0, 0.05) is 5.57 Å². The third-order valence-electron chi connectivity index (χ3n) is 3.21. The molecule has 0 spiro atoms. The molecule has 2 aliphatic heterocycles. The van der Waals surface area contributed by atoms with E-state index in [-0.39, 0.29) is 12.1 Å². The molecule has 1 saturated heterocycles. The summed E-state index contributed by atoms with van der Waals surface area (Å²) < 4.78 is 10.7. The van der Waals surface area contributed by atoms with E-state index in [0.29, 0.717) is 6.10 Å². The lowest BCUT2D eigenvalue weighted by molar-refractivity contribution is -0.133. The zero-order valence-corrected chi connectivity index (χ0v) is 8.79. The van der Waals surface area contributed by atoms with E-state index < -0.39 is 0 Å². The number of hydrogen-bond donors (Lipinski definition) is 0. The summed E-state index contributed by atoms with van der Waals surface area (Å²) in [6.07, 6.45) is 6.38. The second-order valence-electron chi connectivity index (χ2n) is 4.27. The van der Waals surface area contributed by atoms with Crippen molar-refractivity contribution in [3.05, 3.63) is 23.0 Å². The normalized spacial score (nSPS) is 35.3. The lowest BCUT2D eigenvalue weighted by Crippen LogP contribution is -2.11. The molecular formula is C12H14O3. The van der Waals surface area contributed by atoms with Gasteiger partial charge in [0.1, 0.15) is 11.9 Å². The quantitative estimate of drug-likeness (QED) is 0.513. The number of cyclic esters (lactones) is 1. The number of unbranched alkanes of at least 4 members (excludes halogenated alkanes) is 1. The Balaban J connectivity index is 1.93. The predicted molar refractivity (Wildman–Crippen MR) is 54.0 cm³/mol. The van der Waals surface area contributed by atoms with Crippen LogP contribution in [0.4, 0.5) is 0 Å². The Morgan fingerprint density at radius 3 is 3.20 bits per heavy atom. The van der Waals surface area contributed by atoms with Crippen LogP contribution in [0.2, 0.25) is 0 Å². The van der Waals surface area contributed by atoms with Crippen LogP contribution in [-0.2, 0) is 14.3 Å². The van der Waals surface area contributed by atoms with Crippen LogP contribution in [0.1, 0.15) is 32.6 Å². The molecule has 0 saturated carbocycles. The second kappa shape index (κ2) is 3.20. The van der Waals surface area contributed by atoms with Gasteiger partial charge in [-0.05, 0) is 25.3 Å². The topological polar surface area (TPSA) is 38.8 Å². The monoisotopic (exact) mass is 206 g/mol. The third kappa shape index (κ3) is 1.34. The summed E-state index contributed by atoms with van der Waals surface area (Å²) in [7, 11) is 0. The highest BCUT2D eigenvalue weighted by Crippen LogP contribution is 2.46. The van der Waals surface area contributed by atoms with E-state index >= 15 is 0 Å². The Labute approximate surface area is 88.7 Å². The highest BCUT2D eigenvalue weighted by molar-refractivity contribution is 5.96. The number of hydrogen-bond acceptors (Lipinski definition) is 3. The molecule has 1 aliphatic carbocycles. The fourth-order valence-electron chi connectivity index (χ4n) is 2.36. The van der Waals surface area contributed by atoms with Crippen LogP contribution >= 0.6 is 0 Å². The molecule has 0 radical (unpaired) electrons. The maximum Gasteiger partial charge on any atom is 0.342 e. The van der Waals surface area contributed by atoms with Crippen molar-refractivity contribution in [2.45, 2.75) is 44.8 Å². The molecule has 3 aliphatic rings. The summed E-state index contributed by atoms with van der Waals surface area (Å²) in [5.74, 6) is 0.616. The van der Waals surface area contributed by atoms with E-state index in [4.69, 9.17) is 9.47 Å². The summed E-state index contributed by atoms with van der Waals surface area (Å²) in [5.41, 5.74) is 1.90. The zero-order chi connectivity index (χ0) is 10.4. The Morgan fingerprint density at radius 1 is 1.53 bits per heavy atom. The first-order valence-electron chi connectivity index (χ1n) is 5.62. The van der Waals surface area contributed by atoms with Crippen molar-refractivity contribution in [1.82, 2.24) is 0 Å².